The van der Waals surface area contributed by atoms with E-state index in [2.05, 4.69) is 15.5 Å². The number of halogens is 1. The van der Waals surface area contributed by atoms with Crippen LogP contribution in [0.5, 0.6) is 0 Å². The molecule has 0 aliphatic heterocycles. The van der Waals surface area contributed by atoms with Crippen LogP contribution in [0.3, 0.4) is 0 Å². The average Bonchev–Trinajstić information content (AvgIpc) is 2.92. The van der Waals surface area contributed by atoms with Gasteiger partial charge in [-0.2, -0.15) is 5.10 Å². The van der Waals surface area contributed by atoms with Gasteiger partial charge in [0.05, 0.1) is 4.92 Å². The van der Waals surface area contributed by atoms with E-state index in [4.69, 9.17) is 5.73 Å². The third-order valence-electron chi connectivity index (χ3n) is 5.38. The van der Waals surface area contributed by atoms with Gasteiger partial charge in [0.25, 0.3) is 5.91 Å². The lowest BCUT2D eigenvalue weighted by Gasteiger charge is -2.45. The molecule has 2 atom stereocenters. The van der Waals surface area contributed by atoms with E-state index >= 15 is 0 Å². The molecule has 25 heavy (non-hydrogen) atoms. The van der Waals surface area contributed by atoms with Gasteiger partial charge in [0.2, 0.25) is 5.69 Å². The summed E-state index contributed by atoms with van der Waals surface area (Å²) in [5, 5.41) is 21.0. The molecule has 3 rings (SSSR count). The number of carbonyl (C=O) groups excluding carboxylic acids is 1. The van der Waals surface area contributed by atoms with Gasteiger partial charge in [0.1, 0.15) is 5.69 Å². The standard InChI is InChI=1S/C16H25N5O3.ClH/c1-2-4-12-15(21(23)24)14(20-19-12)16(22)18-13-9-5-3-6-10(13)8-11(17)7-9;/h9-11,13H,2-8,17H2,1H3,(H,18,22)(H,19,20);1H. The van der Waals surface area contributed by atoms with E-state index < -0.39 is 10.8 Å². The second-order valence-corrected chi connectivity index (χ2v) is 7.09. The number of hydrogen-bond donors (Lipinski definition) is 3. The zero-order chi connectivity index (χ0) is 17.3. The molecule has 4 N–H and O–H groups in total. The van der Waals surface area contributed by atoms with E-state index in [0.717, 1.165) is 38.5 Å². The Labute approximate surface area is 152 Å². The Hall–Kier alpha value is -1.67. The molecule has 1 heterocycles. The SMILES string of the molecule is CCCc1[nH]nc(C(=O)NC2C3CCCC2CC(N)C3)c1[N+](=O)[O-].Cl. The molecule has 2 aliphatic carbocycles. The Kier molecular flexibility index (Phi) is 6.40. The van der Waals surface area contributed by atoms with Gasteiger partial charge in [0, 0.05) is 12.1 Å². The van der Waals surface area contributed by atoms with Crippen molar-refractivity contribution in [2.45, 2.75) is 64.0 Å². The van der Waals surface area contributed by atoms with Crippen molar-refractivity contribution in [3.05, 3.63) is 21.5 Å². The highest BCUT2D eigenvalue weighted by Gasteiger charge is 2.41. The zero-order valence-electron chi connectivity index (χ0n) is 14.4. The third kappa shape index (κ3) is 3.95. The van der Waals surface area contributed by atoms with Crippen LogP contribution in [-0.4, -0.2) is 33.1 Å². The Bertz CT molecular complexity index is 621. The maximum absolute atomic E-state index is 12.6. The first kappa shape index (κ1) is 19.7. The molecule has 8 nitrogen and oxygen atoms in total. The molecule has 0 radical (unpaired) electrons. The molecule has 0 saturated heterocycles. The molecule has 2 saturated carbocycles. The average molecular weight is 372 g/mol. The maximum Gasteiger partial charge on any atom is 0.322 e. The third-order valence-corrected chi connectivity index (χ3v) is 5.38. The minimum absolute atomic E-state index is 0. The minimum atomic E-state index is -0.513. The van der Waals surface area contributed by atoms with Gasteiger partial charge >= 0.3 is 5.69 Å². The molecule has 2 aliphatic rings. The second kappa shape index (κ2) is 8.14. The molecule has 0 aromatic carbocycles. The number of nitrogens with zero attached hydrogens (tertiary/aromatic N) is 2. The molecule has 2 fully saturated rings. The fraction of sp³-hybridized carbons (Fsp3) is 0.750. The highest BCUT2D eigenvalue weighted by atomic mass is 35.5. The molecule has 0 spiro atoms. The lowest BCUT2D eigenvalue weighted by Crippen LogP contribution is -2.53. The van der Waals surface area contributed by atoms with Crippen LogP contribution < -0.4 is 11.1 Å². The summed E-state index contributed by atoms with van der Waals surface area (Å²) in [6, 6.07) is 0.251. The van der Waals surface area contributed by atoms with Crippen molar-refractivity contribution in [3.8, 4) is 0 Å². The fourth-order valence-electron chi connectivity index (χ4n) is 4.40. The number of aromatic nitrogens is 2. The van der Waals surface area contributed by atoms with Crippen LogP contribution in [0.1, 0.15) is 61.6 Å². The lowest BCUT2D eigenvalue weighted by molar-refractivity contribution is -0.385. The van der Waals surface area contributed by atoms with Crippen molar-refractivity contribution >= 4 is 24.0 Å². The van der Waals surface area contributed by atoms with E-state index in [9.17, 15) is 14.9 Å². The summed E-state index contributed by atoms with van der Waals surface area (Å²) in [7, 11) is 0. The van der Waals surface area contributed by atoms with Crippen LogP contribution in [-0.2, 0) is 6.42 Å². The molecular formula is C16H26ClN5O3. The van der Waals surface area contributed by atoms with Gasteiger partial charge in [-0.05, 0) is 43.9 Å². The van der Waals surface area contributed by atoms with Gasteiger partial charge in [-0.1, -0.05) is 19.8 Å². The summed E-state index contributed by atoms with van der Waals surface area (Å²) in [6.45, 7) is 1.93. The van der Waals surface area contributed by atoms with Gasteiger partial charge in [-0.25, -0.2) is 0 Å². The minimum Gasteiger partial charge on any atom is -0.347 e. The van der Waals surface area contributed by atoms with Crippen molar-refractivity contribution in [1.29, 1.82) is 0 Å². The second-order valence-electron chi connectivity index (χ2n) is 7.09. The van der Waals surface area contributed by atoms with Crippen LogP contribution in [0.25, 0.3) is 0 Å². The molecule has 2 unspecified atom stereocenters. The molecule has 1 aromatic heterocycles. The number of rotatable bonds is 5. The number of nitrogens with two attached hydrogens (primary N) is 1. The van der Waals surface area contributed by atoms with Crippen LogP contribution >= 0.6 is 12.4 Å². The quantitative estimate of drug-likeness (QED) is 0.540. The highest BCUT2D eigenvalue weighted by Crippen LogP contribution is 2.40. The van der Waals surface area contributed by atoms with Crippen molar-refractivity contribution < 1.29 is 9.72 Å². The Morgan fingerprint density at radius 3 is 2.60 bits per heavy atom. The molecule has 1 aromatic rings. The van der Waals surface area contributed by atoms with E-state index in [1.807, 2.05) is 6.92 Å². The maximum atomic E-state index is 12.6. The van der Waals surface area contributed by atoms with Crippen LogP contribution in [0.15, 0.2) is 0 Å². The van der Waals surface area contributed by atoms with Gasteiger partial charge < -0.3 is 11.1 Å². The molecule has 2 bridgehead atoms. The summed E-state index contributed by atoms with van der Waals surface area (Å²) >= 11 is 0. The molecule has 9 heteroatoms. The monoisotopic (exact) mass is 371 g/mol. The molecule has 1 amide bonds. The number of hydrogen-bond acceptors (Lipinski definition) is 5. The van der Waals surface area contributed by atoms with Crippen molar-refractivity contribution in [2.24, 2.45) is 17.6 Å². The van der Waals surface area contributed by atoms with Gasteiger partial charge in [0.15, 0.2) is 0 Å². The summed E-state index contributed by atoms with van der Waals surface area (Å²) in [5.74, 6) is 0.284. The largest absolute Gasteiger partial charge is 0.347 e. The normalized spacial score (nSPS) is 28.1. The first-order valence-electron chi connectivity index (χ1n) is 8.79. The van der Waals surface area contributed by atoms with E-state index in [1.165, 1.54) is 0 Å². The first-order chi connectivity index (χ1) is 11.5. The van der Waals surface area contributed by atoms with Crippen LogP contribution in [0, 0.1) is 22.0 Å². The van der Waals surface area contributed by atoms with Crippen molar-refractivity contribution in [2.75, 3.05) is 0 Å². The van der Waals surface area contributed by atoms with E-state index in [0.29, 0.717) is 24.0 Å². The summed E-state index contributed by atoms with van der Waals surface area (Å²) in [6.07, 6.45) is 6.33. The Balaban J connectivity index is 0.00000225. The van der Waals surface area contributed by atoms with Crippen molar-refractivity contribution in [1.82, 2.24) is 15.5 Å². The smallest absolute Gasteiger partial charge is 0.322 e. The molecule has 140 valence electrons. The zero-order valence-corrected chi connectivity index (χ0v) is 15.2. The fourth-order valence-corrected chi connectivity index (χ4v) is 4.40. The number of fused-ring (bicyclic) bond motifs is 2. The van der Waals surface area contributed by atoms with Crippen LogP contribution in [0.2, 0.25) is 0 Å². The predicted octanol–water partition coefficient (Wildman–Crippen LogP) is 2.33. The Morgan fingerprint density at radius 1 is 1.40 bits per heavy atom. The number of amides is 1. The van der Waals surface area contributed by atoms with Gasteiger partial charge in [-0.3, -0.25) is 20.0 Å². The van der Waals surface area contributed by atoms with E-state index in [-0.39, 0.29) is 35.9 Å². The summed E-state index contributed by atoms with van der Waals surface area (Å²) in [4.78, 5) is 23.5. The highest BCUT2D eigenvalue weighted by molar-refractivity contribution is 5.96. The number of carbonyl (C=O) groups is 1. The van der Waals surface area contributed by atoms with E-state index in [1.54, 1.807) is 0 Å². The number of nitrogens with one attached hydrogen (secondary N) is 2. The summed E-state index contributed by atoms with van der Waals surface area (Å²) < 4.78 is 0. The van der Waals surface area contributed by atoms with Crippen molar-refractivity contribution in [3.63, 3.8) is 0 Å². The number of aryl methyl sites for hydroxylation is 1. The number of nitro groups is 1. The Morgan fingerprint density at radius 2 is 2.04 bits per heavy atom. The number of aromatic amines is 1. The van der Waals surface area contributed by atoms with Crippen LogP contribution in [0.4, 0.5) is 5.69 Å². The molecular weight excluding hydrogens is 346 g/mol. The topological polar surface area (TPSA) is 127 Å². The predicted molar refractivity (Wildman–Crippen MR) is 95.8 cm³/mol. The first-order valence-corrected chi connectivity index (χ1v) is 8.79. The van der Waals surface area contributed by atoms with Gasteiger partial charge in [-0.15, -0.1) is 12.4 Å². The number of H-pyrrole nitrogens is 1. The lowest BCUT2D eigenvalue weighted by atomic mass is 9.67. The summed E-state index contributed by atoms with van der Waals surface area (Å²) in [5.41, 5.74) is 6.24.